The van der Waals surface area contributed by atoms with Crippen molar-refractivity contribution in [3.8, 4) is 0 Å². The van der Waals surface area contributed by atoms with Crippen LogP contribution in [0.25, 0.3) is 0 Å². The molecule has 0 bridgehead atoms. The third-order valence-electron chi connectivity index (χ3n) is 3.94. The molecule has 1 aliphatic carbocycles. The number of unbranched alkanes of at least 4 members (excludes halogenated alkanes) is 1. The van der Waals surface area contributed by atoms with Crippen LogP contribution in [0.15, 0.2) is 0 Å². The number of nitrogens with one attached hydrogen (secondary N) is 1. The van der Waals surface area contributed by atoms with Gasteiger partial charge in [0.25, 0.3) is 0 Å². The number of rotatable bonds is 12. The van der Waals surface area contributed by atoms with Gasteiger partial charge in [0, 0.05) is 19.7 Å². The van der Waals surface area contributed by atoms with E-state index < -0.39 is 11.7 Å². The van der Waals surface area contributed by atoms with Crippen molar-refractivity contribution in [1.82, 2.24) is 5.32 Å². The fourth-order valence-electron chi connectivity index (χ4n) is 2.60. The molecule has 1 atom stereocenters. The molecule has 5 heteroatoms. The van der Waals surface area contributed by atoms with Gasteiger partial charge in [-0.2, -0.15) is 0 Å². The lowest BCUT2D eigenvalue weighted by atomic mass is 9.85. The SMILES string of the molecule is CCCCOCCOCC(O)CNCC1(O)CCCCC1. The minimum atomic E-state index is -0.577. The number of aliphatic hydroxyl groups excluding tert-OH is 1. The lowest BCUT2D eigenvalue weighted by Crippen LogP contribution is -2.44. The molecule has 0 aliphatic heterocycles. The Morgan fingerprint density at radius 1 is 1.10 bits per heavy atom. The first kappa shape index (κ1) is 18.8. The molecule has 1 saturated carbocycles. The van der Waals surface area contributed by atoms with Gasteiger partial charge in [0.15, 0.2) is 0 Å². The quantitative estimate of drug-likeness (QED) is 0.476. The highest BCUT2D eigenvalue weighted by Gasteiger charge is 2.28. The van der Waals surface area contributed by atoms with E-state index in [0.29, 0.717) is 32.9 Å². The van der Waals surface area contributed by atoms with E-state index in [-0.39, 0.29) is 0 Å². The number of hydrogen-bond acceptors (Lipinski definition) is 5. The van der Waals surface area contributed by atoms with Crippen LogP contribution in [0.4, 0.5) is 0 Å². The monoisotopic (exact) mass is 303 g/mol. The van der Waals surface area contributed by atoms with Crippen LogP contribution in [-0.4, -0.2) is 61.4 Å². The Balaban J connectivity index is 1.92. The molecular weight excluding hydrogens is 270 g/mol. The number of ether oxygens (including phenoxy) is 2. The highest BCUT2D eigenvalue weighted by Crippen LogP contribution is 2.27. The highest BCUT2D eigenvalue weighted by atomic mass is 16.5. The second-order valence-electron chi connectivity index (χ2n) is 6.11. The van der Waals surface area contributed by atoms with Crippen molar-refractivity contribution in [2.45, 2.75) is 63.6 Å². The summed E-state index contributed by atoms with van der Waals surface area (Å²) in [6.45, 7) is 5.34. The molecule has 0 saturated heterocycles. The molecule has 21 heavy (non-hydrogen) atoms. The van der Waals surface area contributed by atoms with Crippen LogP contribution in [0, 0.1) is 0 Å². The van der Waals surface area contributed by atoms with E-state index in [1.807, 2.05) is 0 Å². The van der Waals surface area contributed by atoms with Crippen LogP contribution in [-0.2, 0) is 9.47 Å². The maximum Gasteiger partial charge on any atom is 0.0897 e. The summed E-state index contributed by atoms with van der Waals surface area (Å²) in [5.74, 6) is 0. The fourth-order valence-corrected chi connectivity index (χ4v) is 2.60. The summed E-state index contributed by atoms with van der Waals surface area (Å²) < 4.78 is 10.7. The summed E-state index contributed by atoms with van der Waals surface area (Å²) in [7, 11) is 0. The van der Waals surface area contributed by atoms with Gasteiger partial charge in [-0.25, -0.2) is 0 Å². The predicted molar refractivity (Wildman–Crippen MR) is 83.5 cm³/mol. The zero-order chi connectivity index (χ0) is 15.4. The normalized spacial score (nSPS) is 19.6. The summed E-state index contributed by atoms with van der Waals surface area (Å²) in [6.07, 6.45) is 6.83. The standard InChI is InChI=1S/C16H33NO4/c1-2-3-9-20-10-11-21-13-15(18)12-17-14-16(19)7-5-4-6-8-16/h15,17-19H,2-14H2,1H3. The minimum absolute atomic E-state index is 0.308. The molecule has 1 unspecified atom stereocenters. The summed E-state index contributed by atoms with van der Waals surface area (Å²) in [6, 6.07) is 0. The van der Waals surface area contributed by atoms with Gasteiger partial charge in [-0.15, -0.1) is 0 Å². The molecule has 0 amide bonds. The average Bonchev–Trinajstić information content (AvgIpc) is 2.47. The average molecular weight is 303 g/mol. The maximum absolute atomic E-state index is 10.3. The van der Waals surface area contributed by atoms with Crippen molar-refractivity contribution in [3.63, 3.8) is 0 Å². The second kappa shape index (κ2) is 11.4. The molecule has 0 heterocycles. The maximum atomic E-state index is 10.3. The van der Waals surface area contributed by atoms with E-state index in [2.05, 4.69) is 12.2 Å². The Kier molecular flexibility index (Phi) is 10.2. The van der Waals surface area contributed by atoms with Gasteiger partial charge < -0.3 is 25.0 Å². The van der Waals surface area contributed by atoms with Crippen molar-refractivity contribution in [2.24, 2.45) is 0 Å². The Morgan fingerprint density at radius 2 is 1.81 bits per heavy atom. The molecule has 1 aliphatic rings. The fraction of sp³-hybridized carbons (Fsp3) is 1.00. The third-order valence-corrected chi connectivity index (χ3v) is 3.94. The van der Waals surface area contributed by atoms with Gasteiger partial charge in [0.1, 0.15) is 0 Å². The van der Waals surface area contributed by atoms with Gasteiger partial charge in [-0.1, -0.05) is 32.6 Å². The molecule has 5 nitrogen and oxygen atoms in total. The Morgan fingerprint density at radius 3 is 2.52 bits per heavy atom. The first-order chi connectivity index (χ1) is 10.2. The van der Waals surface area contributed by atoms with E-state index in [1.54, 1.807) is 0 Å². The van der Waals surface area contributed by atoms with Crippen LogP contribution in [0.1, 0.15) is 51.9 Å². The lowest BCUT2D eigenvalue weighted by molar-refractivity contribution is -0.00951. The molecule has 0 aromatic carbocycles. The molecule has 1 fully saturated rings. The summed E-state index contributed by atoms with van der Waals surface area (Å²) in [5.41, 5.74) is -0.577. The first-order valence-corrected chi connectivity index (χ1v) is 8.43. The molecule has 3 N–H and O–H groups in total. The molecule has 0 aromatic rings. The van der Waals surface area contributed by atoms with Gasteiger partial charge in [0.05, 0.1) is 31.5 Å². The zero-order valence-corrected chi connectivity index (χ0v) is 13.5. The van der Waals surface area contributed by atoms with E-state index in [1.165, 1.54) is 6.42 Å². The number of hydrogen-bond donors (Lipinski definition) is 3. The molecule has 1 rings (SSSR count). The third kappa shape index (κ3) is 9.42. The first-order valence-electron chi connectivity index (χ1n) is 8.43. The highest BCUT2D eigenvalue weighted by molar-refractivity contribution is 4.84. The van der Waals surface area contributed by atoms with Gasteiger partial charge >= 0.3 is 0 Å². The summed E-state index contributed by atoms with van der Waals surface area (Å²) in [4.78, 5) is 0. The van der Waals surface area contributed by atoms with Crippen LogP contribution in [0.3, 0.4) is 0 Å². The van der Waals surface area contributed by atoms with Crippen molar-refractivity contribution in [2.75, 3.05) is 39.5 Å². The zero-order valence-electron chi connectivity index (χ0n) is 13.5. The Bertz CT molecular complexity index is 244. The van der Waals surface area contributed by atoms with Crippen LogP contribution in [0.5, 0.6) is 0 Å². The predicted octanol–water partition coefficient (Wildman–Crippen LogP) is 1.47. The van der Waals surface area contributed by atoms with Crippen molar-refractivity contribution < 1.29 is 19.7 Å². The van der Waals surface area contributed by atoms with Crippen LogP contribution < -0.4 is 5.32 Å². The van der Waals surface area contributed by atoms with E-state index in [9.17, 15) is 10.2 Å². The topological polar surface area (TPSA) is 71.0 Å². The van der Waals surface area contributed by atoms with Crippen molar-refractivity contribution in [1.29, 1.82) is 0 Å². The Hall–Kier alpha value is -0.200. The smallest absolute Gasteiger partial charge is 0.0897 e. The lowest BCUT2D eigenvalue weighted by Gasteiger charge is -2.32. The van der Waals surface area contributed by atoms with Gasteiger partial charge in [-0.05, 0) is 19.3 Å². The van der Waals surface area contributed by atoms with E-state index in [0.717, 1.165) is 45.1 Å². The minimum Gasteiger partial charge on any atom is -0.389 e. The number of aliphatic hydroxyl groups is 2. The largest absolute Gasteiger partial charge is 0.389 e. The van der Waals surface area contributed by atoms with Crippen molar-refractivity contribution >= 4 is 0 Å². The molecule has 0 spiro atoms. The van der Waals surface area contributed by atoms with Crippen molar-refractivity contribution in [3.05, 3.63) is 0 Å². The summed E-state index contributed by atoms with van der Waals surface area (Å²) >= 11 is 0. The molecular formula is C16H33NO4. The Labute approximate surface area is 129 Å². The molecule has 126 valence electrons. The van der Waals surface area contributed by atoms with Gasteiger partial charge in [0.2, 0.25) is 0 Å². The van der Waals surface area contributed by atoms with E-state index in [4.69, 9.17) is 9.47 Å². The molecule has 0 aromatic heterocycles. The van der Waals surface area contributed by atoms with Crippen LogP contribution in [0.2, 0.25) is 0 Å². The van der Waals surface area contributed by atoms with Gasteiger partial charge in [-0.3, -0.25) is 0 Å². The van der Waals surface area contributed by atoms with E-state index >= 15 is 0 Å². The summed E-state index contributed by atoms with van der Waals surface area (Å²) in [5, 5.41) is 23.3. The molecule has 0 radical (unpaired) electrons. The van der Waals surface area contributed by atoms with Crippen LogP contribution >= 0.6 is 0 Å². The second-order valence-corrected chi connectivity index (χ2v) is 6.11.